The molecule has 0 bridgehead atoms. The Balaban J connectivity index is 1.57. The fourth-order valence-corrected chi connectivity index (χ4v) is 3.53. The second-order valence-corrected chi connectivity index (χ2v) is 7.73. The molecule has 0 atom stereocenters. The van der Waals surface area contributed by atoms with Crippen LogP contribution in [0.15, 0.2) is 48.7 Å². The molecular formula is C21H19F3N2O2S. The van der Waals surface area contributed by atoms with Crippen molar-refractivity contribution in [3.63, 3.8) is 0 Å². The molecule has 3 aromatic rings. The van der Waals surface area contributed by atoms with Crippen LogP contribution >= 0.6 is 11.3 Å². The number of amides is 1. The average Bonchev–Trinajstić information content (AvgIpc) is 3.08. The van der Waals surface area contributed by atoms with Crippen molar-refractivity contribution in [3.05, 3.63) is 75.8 Å². The van der Waals surface area contributed by atoms with E-state index in [4.69, 9.17) is 4.74 Å². The van der Waals surface area contributed by atoms with Crippen molar-refractivity contribution >= 4 is 22.4 Å². The van der Waals surface area contributed by atoms with Crippen molar-refractivity contribution in [2.24, 2.45) is 0 Å². The highest BCUT2D eigenvalue weighted by molar-refractivity contribution is 7.15. The summed E-state index contributed by atoms with van der Waals surface area (Å²) in [6, 6.07) is 10.9. The van der Waals surface area contributed by atoms with Gasteiger partial charge < -0.3 is 4.74 Å². The summed E-state index contributed by atoms with van der Waals surface area (Å²) in [6.07, 6.45) is -2.53. The van der Waals surface area contributed by atoms with Crippen LogP contribution in [0.4, 0.5) is 18.3 Å². The molecule has 4 nitrogen and oxygen atoms in total. The highest BCUT2D eigenvalue weighted by atomic mass is 32.1. The van der Waals surface area contributed by atoms with E-state index in [-0.39, 0.29) is 12.5 Å². The Bertz CT molecular complexity index is 1020. The van der Waals surface area contributed by atoms with Crippen LogP contribution in [0, 0.1) is 13.8 Å². The van der Waals surface area contributed by atoms with Crippen LogP contribution in [-0.2, 0) is 17.4 Å². The van der Waals surface area contributed by atoms with E-state index in [0.29, 0.717) is 22.9 Å². The predicted octanol–water partition coefficient (Wildman–Crippen LogP) is 5.39. The first-order valence-corrected chi connectivity index (χ1v) is 9.63. The van der Waals surface area contributed by atoms with Gasteiger partial charge in [0.25, 0.3) is 5.91 Å². The van der Waals surface area contributed by atoms with Crippen LogP contribution < -0.4 is 10.1 Å². The topological polar surface area (TPSA) is 51.2 Å². The van der Waals surface area contributed by atoms with Crippen molar-refractivity contribution in [3.8, 4) is 5.75 Å². The Morgan fingerprint density at radius 1 is 1.17 bits per heavy atom. The van der Waals surface area contributed by atoms with Gasteiger partial charge in [0.1, 0.15) is 5.75 Å². The lowest BCUT2D eigenvalue weighted by Crippen LogP contribution is -2.20. The molecule has 152 valence electrons. The standard InChI is InChI=1S/C21H19F3N2O2S/c1-13-6-7-14(2)18(8-13)28-12-19(27)26-20-25-11-17(29-20)10-15-4-3-5-16(9-15)21(22,23)24/h3-9,11H,10,12H2,1-2H3,(H,25,26,27). The predicted molar refractivity (Wildman–Crippen MR) is 106 cm³/mol. The minimum Gasteiger partial charge on any atom is -0.483 e. The largest absolute Gasteiger partial charge is 0.483 e. The number of alkyl halides is 3. The zero-order chi connectivity index (χ0) is 21.0. The number of aryl methyl sites for hydroxylation is 2. The first-order chi connectivity index (χ1) is 13.7. The van der Waals surface area contributed by atoms with E-state index in [2.05, 4.69) is 10.3 Å². The highest BCUT2D eigenvalue weighted by Gasteiger charge is 2.30. The molecule has 0 spiro atoms. The first kappa shape index (κ1) is 20.9. The molecule has 29 heavy (non-hydrogen) atoms. The number of halogens is 3. The summed E-state index contributed by atoms with van der Waals surface area (Å²) in [5.41, 5.74) is 1.81. The van der Waals surface area contributed by atoms with Gasteiger partial charge in [-0.1, -0.05) is 30.3 Å². The summed E-state index contributed by atoms with van der Waals surface area (Å²) in [7, 11) is 0. The molecule has 0 aliphatic heterocycles. The van der Waals surface area contributed by atoms with Crippen LogP contribution in [0.25, 0.3) is 0 Å². The van der Waals surface area contributed by atoms with Gasteiger partial charge in [-0.3, -0.25) is 10.1 Å². The third-order valence-electron chi connectivity index (χ3n) is 4.13. The van der Waals surface area contributed by atoms with E-state index in [1.807, 2.05) is 32.0 Å². The number of nitrogens with one attached hydrogen (secondary N) is 1. The summed E-state index contributed by atoms with van der Waals surface area (Å²) in [4.78, 5) is 17.0. The monoisotopic (exact) mass is 420 g/mol. The molecule has 0 aliphatic carbocycles. The molecule has 1 heterocycles. The average molecular weight is 420 g/mol. The van der Waals surface area contributed by atoms with Crippen molar-refractivity contribution in [2.45, 2.75) is 26.4 Å². The number of rotatable bonds is 6. The number of nitrogens with zero attached hydrogens (tertiary/aromatic N) is 1. The lowest BCUT2D eigenvalue weighted by Gasteiger charge is -2.09. The fourth-order valence-electron chi connectivity index (χ4n) is 2.67. The van der Waals surface area contributed by atoms with Crippen LogP contribution in [0.1, 0.15) is 27.1 Å². The highest BCUT2D eigenvalue weighted by Crippen LogP contribution is 2.30. The number of aromatic nitrogens is 1. The minimum absolute atomic E-state index is 0.160. The second-order valence-electron chi connectivity index (χ2n) is 6.61. The van der Waals surface area contributed by atoms with Gasteiger partial charge in [0, 0.05) is 17.5 Å². The van der Waals surface area contributed by atoms with Gasteiger partial charge in [-0.05, 0) is 42.7 Å². The fraction of sp³-hybridized carbons (Fsp3) is 0.238. The van der Waals surface area contributed by atoms with Crippen molar-refractivity contribution in [1.29, 1.82) is 0 Å². The van der Waals surface area contributed by atoms with Crippen molar-refractivity contribution < 1.29 is 22.7 Å². The van der Waals surface area contributed by atoms with E-state index in [9.17, 15) is 18.0 Å². The zero-order valence-corrected chi connectivity index (χ0v) is 16.7. The van der Waals surface area contributed by atoms with Gasteiger partial charge in [-0.15, -0.1) is 11.3 Å². The van der Waals surface area contributed by atoms with Gasteiger partial charge in [0.05, 0.1) is 5.56 Å². The van der Waals surface area contributed by atoms with Crippen LogP contribution in [0.3, 0.4) is 0 Å². The van der Waals surface area contributed by atoms with Crippen molar-refractivity contribution in [2.75, 3.05) is 11.9 Å². The molecule has 3 rings (SSSR count). The Kier molecular flexibility index (Phi) is 6.22. The SMILES string of the molecule is Cc1ccc(C)c(OCC(=O)Nc2ncc(Cc3cccc(C(F)(F)F)c3)s2)c1. The van der Waals surface area contributed by atoms with Gasteiger partial charge >= 0.3 is 6.18 Å². The van der Waals surface area contributed by atoms with Gasteiger partial charge in [-0.25, -0.2) is 4.98 Å². The second kappa shape index (κ2) is 8.65. The molecule has 1 aromatic heterocycles. The molecule has 8 heteroatoms. The van der Waals surface area contributed by atoms with Crippen LogP contribution in [0.2, 0.25) is 0 Å². The van der Waals surface area contributed by atoms with Crippen LogP contribution in [-0.4, -0.2) is 17.5 Å². The molecule has 0 unspecified atom stereocenters. The van der Waals surface area contributed by atoms with Gasteiger partial charge in [0.2, 0.25) is 0 Å². The summed E-state index contributed by atoms with van der Waals surface area (Å²) in [6.45, 7) is 3.67. The molecular weight excluding hydrogens is 401 g/mol. The summed E-state index contributed by atoms with van der Waals surface area (Å²) < 4.78 is 44.0. The Labute approximate surface area is 170 Å². The molecule has 1 amide bonds. The maximum atomic E-state index is 12.8. The zero-order valence-electron chi connectivity index (χ0n) is 15.8. The summed E-state index contributed by atoms with van der Waals surface area (Å²) in [5.74, 6) is 0.287. The van der Waals surface area contributed by atoms with E-state index >= 15 is 0 Å². The Morgan fingerprint density at radius 3 is 2.72 bits per heavy atom. The van der Waals surface area contributed by atoms with Crippen LogP contribution in [0.5, 0.6) is 5.75 Å². The number of thiazole rings is 1. The number of carbonyl (C=O) groups excluding carboxylic acids is 1. The molecule has 0 saturated carbocycles. The Morgan fingerprint density at radius 2 is 1.97 bits per heavy atom. The van der Waals surface area contributed by atoms with Gasteiger partial charge in [0.15, 0.2) is 11.7 Å². The summed E-state index contributed by atoms with van der Waals surface area (Å²) in [5, 5.41) is 3.03. The normalized spacial score (nSPS) is 11.3. The maximum Gasteiger partial charge on any atom is 0.416 e. The van der Waals surface area contributed by atoms with E-state index in [1.54, 1.807) is 12.3 Å². The number of anilines is 1. The number of hydrogen-bond acceptors (Lipinski definition) is 4. The maximum absolute atomic E-state index is 12.8. The Hall–Kier alpha value is -2.87. The van der Waals surface area contributed by atoms with E-state index < -0.39 is 11.7 Å². The number of hydrogen-bond donors (Lipinski definition) is 1. The lowest BCUT2D eigenvalue weighted by atomic mass is 10.1. The van der Waals surface area contributed by atoms with Gasteiger partial charge in [-0.2, -0.15) is 13.2 Å². The third-order valence-corrected chi connectivity index (χ3v) is 5.05. The molecule has 0 fully saturated rings. The number of ether oxygens (including phenoxy) is 1. The number of benzene rings is 2. The third kappa shape index (κ3) is 5.80. The lowest BCUT2D eigenvalue weighted by molar-refractivity contribution is -0.137. The smallest absolute Gasteiger partial charge is 0.416 e. The molecule has 2 aromatic carbocycles. The summed E-state index contributed by atoms with van der Waals surface area (Å²) >= 11 is 1.22. The van der Waals surface area contributed by atoms with Crippen molar-refractivity contribution in [1.82, 2.24) is 4.98 Å². The quantitative estimate of drug-likeness (QED) is 0.582. The first-order valence-electron chi connectivity index (χ1n) is 8.81. The van der Waals surface area contributed by atoms with E-state index in [1.165, 1.54) is 17.4 Å². The molecule has 0 saturated heterocycles. The number of carbonyl (C=O) groups is 1. The van der Waals surface area contributed by atoms with E-state index in [0.717, 1.165) is 28.1 Å². The molecule has 0 radical (unpaired) electrons. The molecule has 1 N–H and O–H groups in total. The molecule has 0 aliphatic rings. The minimum atomic E-state index is -4.38.